The van der Waals surface area contributed by atoms with Gasteiger partial charge in [-0.15, -0.1) is 0 Å². The number of amides is 1. The number of aryl methyl sites for hydroxylation is 2. The van der Waals surface area contributed by atoms with Crippen LogP contribution in [0.25, 0.3) is 0 Å². The minimum absolute atomic E-state index is 0.110. The molecule has 0 aliphatic heterocycles. The summed E-state index contributed by atoms with van der Waals surface area (Å²) in [5, 5.41) is 5.82. The second-order valence-electron chi connectivity index (χ2n) is 5.49. The maximum atomic E-state index is 12.8. The summed E-state index contributed by atoms with van der Waals surface area (Å²) in [6, 6.07) is 4.72. The molecule has 140 valence electrons. The third-order valence-electron chi connectivity index (χ3n) is 3.30. The van der Waals surface area contributed by atoms with Gasteiger partial charge in [-0.1, -0.05) is 11.6 Å². The maximum absolute atomic E-state index is 12.8. The van der Waals surface area contributed by atoms with E-state index in [9.17, 15) is 22.8 Å². The molecule has 0 fully saturated rings. The SMILES string of the molecule is Cc1cc(C)n(CC(=O)OCC(=O)Nc2ccc(Cl)c(C(F)(F)F)c2)n1. The van der Waals surface area contributed by atoms with Gasteiger partial charge in [-0.25, -0.2) is 0 Å². The molecular formula is C16H15ClF3N3O3. The number of carbonyl (C=O) groups is 2. The number of rotatable bonds is 5. The van der Waals surface area contributed by atoms with E-state index in [0.717, 1.165) is 17.5 Å². The van der Waals surface area contributed by atoms with Crippen LogP contribution >= 0.6 is 11.6 Å². The number of anilines is 1. The standard InChI is InChI=1S/C16H15ClF3N3O3/c1-9-5-10(2)23(22-9)7-15(25)26-8-14(24)21-11-3-4-13(17)12(6-11)16(18,19)20/h3-6H,7-8H2,1-2H3,(H,21,24). The molecule has 0 aliphatic carbocycles. The molecule has 0 atom stereocenters. The molecule has 1 heterocycles. The van der Waals surface area contributed by atoms with Gasteiger partial charge < -0.3 is 10.1 Å². The first-order valence-electron chi connectivity index (χ1n) is 7.39. The van der Waals surface area contributed by atoms with Gasteiger partial charge >= 0.3 is 12.1 Å². The second-order valence-corrected chi connectivity index (χ2v) is 5.89. The van der Waals surface area contributed by atoms with Crippen LogP contribution in [0.5, 0.6) is 0 Å². The van der Waals surface area contributed by atoms with Gasteiger partial charge in [-0.05, 0) is 38.1 Å². The zero-order valence-electron chi connectivity index (χ0n) is 13.9. The Kier molecular flexibility index (Phi) is 5.91. The van der Waals surface area contributed by atoms with Crippen LogP contribution in [0.2, 0.25) is 5.02 Å². The van der Waals surface area contributed by atoms with Crippen LogP contribution in [0.1, 0.15) is 17.0 Å². The molecule has 0 saturated heterocycles. The van der Waals surface area contributed by atoms with Gasteiger partial charge in [0, 0.05) is 11.4 Å². The van der Waals surface area contributed by atoms with Gasteiger partial charge in [0.25, 0.3) is 5.91 Å². The molecule has 2 aromatic rings. The van der Waals surface area contributed by atoms with E-state index in [-0.39, 0.29) is 12.2 Å². The van der Waals surface area contributed by atoms with Crippen molar-refractivity contribution in [1.82, 2.24) is 9.78 Å². The Morgan fingerprint density at radius 3 is 2.54 bits per heavy atom. The predicted octanol–water partition coefficient (Wildman–Crippen LogP) is 3.35. The molecule has 1 amide bonds. The fourth-order valence-corrected chi connectivity index (χ4v) is 2.39. The van der Waals surface area contributed by atoms with Gasteiger partial charge in [0.2, 0.25) is 0 Å². The number of benzene rings is 1. The highest BCUT2D eigenvalue weighted by Gasteiger charge is 2.33. The normalized spacial score (nSPS) is 11.3. The number of hydrogen-bond acceptors (Lipinski definition) is 4. The van der Waals surface area contributed by atoms with Crippen molar-refractivity contribution in [2.45, 2.75) is 26.6 Å². The summed E-state index contributed by atoms with van der Waals surface area (Å²) < 4.78 is 44.6. The van der Waals surface area contributed by atoms with E-state index >= 15 is 0 Å². The number of alkyl halides is 3. The van der Waals surface area contributed by atoms with Crippen LogP contribution in [0.4, 0.5) is 18.9 Å². The summed E-state index contributed by atoms with van der Waals surface area (Å²) in [7, 11) is 0. The van der Waals surface area contributed by atoms with Crippen LogP contribution in [-0.2, 0) is 27.0 Å². The smallest absolute Gasteiger partial charge is 0.417 e. The molecule has 26 heavy (non-hydrogen) atoms. The third-order valence-corrected chi connectivity index (χ3v) is 3.63. The Morgan fingerprint density at radius 2 is 1.96 bits per heavy atom. The lowest BCUT2D eigenvalue weighted by molar-refractivity contribution is -0.148. The summed E-state index contributed by atoms with van der Waals surface area (Å²) in [6.45, 7) is 2.72. The lowest BCUT2D eigenvalue weighted by Crippen LogP contribution is -2.23. The Morgan fingerprint density at radius 1 is 1.27 bits per heavy atom. The van der Waals surface area contributed by atoms with Gasteiger partial charge in [-0.3, -0.25) is 14.3 Å². The largest absolute Gasteiger partial charge is 0.454 e. The van der Waals surface area contributed by atoms with Gasteiger partial charge in [0.05, 0.1) is 16.3 Å². The number of nitrogens with one attached hydrogen (secondary N) is 1. The Bertz CT molecular complexity index is 834. The minimum atomic E-state index is -4.65. The molecule has 0 radical (unpaired) electrons. The molecule has 0 bridgehead atoms. The first-order chi connectivity index (χ1) is 12.1. The molecule has 0 unspecified atom stereocenters. The molecule has 1 N–H and O–H groups in total. The lowest BCUT2D eigenvalue weighted by atomic mass is 10.2. The molecule has 0 spiro atoms. The van der Waals surface area contributed by atoms with Gasteiger partial charge in [0.15, 0.2) is 6.61 Å². The number of carbonyl (C=O) groups excluding carboxylic acids is 2. The molecule has 2 rings (SSSR count). The summed E-state index contributed by atoms with van der Waals surface area (Å²) in [6.07, 6.45) is -4.65. The van der Waals surface area contributed by atoms with Gasteiger partial charge in [-0.2, -0.15) is 18.3 Å². The molecule has 0 aliphatic rings. The monoisotopic (exact) mass is 389 g/mol. The van der Waals surface area contributed by atoms with Crippen molar-refractivity contribution in [3.05, 3.63) is 46.2 Å². The molecule has 10 heteroatoms. The quantitative estimate of drug-likeness (QED) is 0.796. The first kappa shape index (κ1) is 19.8. The number of hydrogen-bond donors (Lipinski definition) is 1. The van der Waals surface area contributed by atoms with Crippen molar-refractivity contribution in [3.8, 4) is 0 Å². The van der Waals surface area contributed by atoms with Gasteiger partial charge in [0.1, 0.15) is 6.54 Å². The minimum Gasteiger partial charge on any atom is -0.454 e. The molecule has 1 aromatic carbocycles. The summed E-state index contributed by atoms with van der Waals surface area (Å²) >= 11 is 5.50. The van der Waals surface area contributed by atoms with Crippen LogP contribution in [0.3, 0.4) is 0 Å². The van der Waals surface area contributed by atoms with E-state index in [4.69, 9.17) is 16.3 Å². The van der Waals surface area contributed by atoms with Crippen molar-refractivity contribution < 1.29 is 27.5 Å². The van der Waals surface area contributed by atoms with Crippen molar-refractivity contribution >= 4 is 29.2 Å². The van der Waals surface area contributed by atoms with E-state index in [1.807, 2.05) is 0 Å². The van der Waals surface area contributed by atoms with E-state index in [1.165, 1.54) is 10.7 Å². The Balaban J connectivity index is 1.91. The zero-order chi connectivity index (χ0) is 19.5. The van der Waals surface area contributed by atoms with Crippen molar-refractivity contribution in [2.24, 2.45) is 0 Å². The Labute approximate surface area is 151 Å². The highest BCUT2D eigenvalue weighted by atomic mass is 35.5. The van der Waals surface area contributed by atoms with Crippen molar-refractivity contribution in [1.29, 1.82) is 0 Å². The predicted molar refractivity (Wildman–Crippen MR) is 87.7 cm³/mol. The third kappa shape index (κ3) is 5.22. The highest BCUT2D eigenvalue weighted by molar-refractivity contribution is 6.31. The van der Waals surface area contributed by atoms with E-state index in [0.29, 0.717) is 6.07 Å². The zero-order valence-corrected chi connectivity index (χ0v) is 14.6. The topological polar surface area (TPSA) is 73.2 Å². The van der Waals surface area contributed by atoms with Crippen molar-refractivity contribution in [2.75, 3.05) is 11.9 Å². The molecular weight excluding hydrogens is 375 g/mol. The summed E-state index contributed by atoms with van der Waals surface area (Å²) in [5.41, 5.74) is 0.306. The van der Waals surface area contributed by atoms with Crippen LogP contribution in [0.15, 0.2) is 24.3 Å². The molecule has 0 saturated carbocycles. The maximum Gasteiger partial charge on any atom is 0.417 e. The lowest BCUT2D eigenvalue weighted by Gasteiger charge is -2.12. The van der Waals surface area contributed by atoms with Crippen LogP contribution < -0.4 is 5.32 Å². The fourth-order valence-electron chi connectivity index (χ4n) is 2.17. The first-order valence-corrected chi connectivity index (χ1v) is 7.77. The summed E-state index contributed by atoms with van der Waals surface area (Å²) in [4.78, 5) is 23.5. The number of aromatic nitrogens is 2. The molecule has 1 aromatic heterocycles. The van der Waals surface area contributed by atoms with E-state index in [2.05, 4.69) is 10.4 Å². The fraction of sp³-hybridized carbons (Fsp3) is 0.312. The number of halogens is 4. The number of nitrogens with zero attached hydrogens (tertiary/aromatic N) is 2. The van der Waals surface area contributed by atoms with Crippen LogP contribution in [-0.4, -0.2) is 28.3 Å². The second kappa shape index (κ2) is 7.77. The number of ether oxygens (including phenoxy) is 1. The average molecular weight is 390 g/mol. The average Bonchev–Trinajstić information content (AvgIpc) is 2.83. The Hall–Kier alpha value is -2.55. The van der Waals surface area contributed by atoms with E-state index in [1.54, 1.807) is 19.9 Å². The summed E-state index contributed by atoms with van der Waals surface area (Å²) in [5.74, 6) is -1.47. The van der Waals surface area contributed by atoms with Crippen molar-refractivity contribution in [3.63, 3.8) is 0 Å². The highest BCUT2D eigenvalue weighted by Crippen LogP contribution is 2.36. The number of esters is 1. The molecule has 6 nitrogen and oxygen atoms in total. The van der Waals surface area contributed by atoms with Crippen LogP contribution in [0, 0.1) is 13.8 Å². The van der Waals surface area contributed by atoms with E-state index < -0.39 is 35.2 Å².